The van der Waals surface area contributed by atoms with Gasteiger partial charge in [-0.25, -0.2) is 0 Å². The van der Waals surface area contributed by atoms with Gasteiger partial charge in [0, 0.05) is 10.7 Å². The van der Waals surface area contributed by atoms with Crippen LogP contribution in [0.5, 0.6) is 0 Å². The minimum Gasteiger partial charge on any atom is -0.406 e. The van der Waals surface area contributed by atoms with Crippen LogP contribution in [0.15, 0.2) is 22.6 Å². The number of hydrogen-bond donors (Lipinski definition) is 2. The maximum Gasteiger partial charge on any atom is 0.320 e. The Balaban J connectivity index is 2.19. The quantitative estimate of drug-likeness (QED) is 0.891. The molecule has 0 bridgehead atoms. The van der Waals surface area contributed by atoms with Crippen LogP contribution in [0.3, 0.4) is 0 Å². The zero-order chi connectivity index (χ0) is 13.1. The monoisotopic (exact) mass is 266 g/mol. The third-order valence-corrected chi connectivity index (χ3v) is 3.16. The summed E-state index contributed by atoms with van der Waals surface area (Å²) in [4.78, 5) is 0. The summed E-state index contributed by atoms with van der Waals surface area (Å²) in [5.41, 5.74) is 1.80. The van der Waals surface area contributed by atoms with Gasteiger partial charge in [-0.05, 0) is 38.6 Å². The van der Waals surface area contributed by atoms with Gasteiger partial charge in [-0.1, -0.05) is 22.8 Å². The largest absolute Gasteiger partial charge is 0.406 e. The Morgan fingerprint density at radius 2 is 2.11 bits per heavy atom. The molecule has 1 atom stereocenters. The summed E-state index contributed by atoms with van der Waals surface area (Å²) in [5, 5.41) is 14.7. The molecule has 0 fully saturated rings. The summed E-state index contributed by atoms with van der Waals surface area (Å²) in [6.07, 6.45) is 0. The van der Waals surface area contributed by atoms with Gasteiger partial charge < -0.3 is 15.1 Å². The Kier molecular flexibility index (Phi) is 3.84. The number of nitrogens with one attached hydrogen (secondary N) is 2. The molecule has 0 aliphatic heterocycles. The zero-order valence-corrected chi connectivity index (χ0v) is 11.2. The second-order valence-electron chi connectivity index (χ2n) is 3.99. The van der Waals surface area contributed by atoms with Crippen LogP contribution >= 0.6 is 11.6 Å². The first-order valence-electron chi connectivity index (χ1n) is 5.64. The second kappa shape index (κ2) is 5.37. The van der Waals surface area contributed by atoms with E-state index in [1.54, 1.807) is 0 Å². The zero-order valence-electron chi connectivity index (χ0n) is 10.5. The Morgan fingerprint density at radius 3 is 2.83 bits per heavy atom. The normalized spacial score (nSPS) is 12.4. The van der Waals surface area contributed by atoms with Gasteiger partial charge in [-0.3, -0.25) is 0 Å². The van der Waals surface area contributed by atoms with Crippen molar-refractivity contribution in [3.05, 3.63) is 34.7 Å². The molecule has 2 rings (SSSR count). The lowest BCUT2D eigenvalue weighted by atomic mass is 10.2. The van der Waals surface area contributed by atoms with Gasteiger partial charge in [-0.2, -0.15) is 0 Å². The summed E-state index contributed by atoms with van der Waals surface area (Å²) < 4.78 is 5.50. The summed E-state index contributed by atoms with van der Waals surface area (Å²) in [7, 11) is 1.84. The van der Waals surface area contributed by atoms with Crippen molar-refractivity contribution in [3.8, 4) is 0 Å². The maximum absolute atomic E-state index is 6.04. The second-order valence-corrected chi connectivity index (χ2v) is 4.40. The highest BCUT2D eigenvalue weighted by molar-refractivity contribution is 6.31. The molecular formula is C12H15ClN4O. The van der Waals surface area contributed by atoms with Gasteiger partial charge in [0.25, 0.3) is 0 Å². The minimum atomic E-state index is 0.0218. The molecule has 2 N–H and O–H groups in total. The number of rotatable bonds is 4. The lowest BCUT2D eigenvalue weighted by Crippen LogP contribution is -2.12. The van der Waals surface area contributed by atoms with E-state index in [0.717, 1.165) is 11.3 Å². The molecule has 1 unspecified atom stereocenters. The first-order chi connectivity index (χ1) is 8.61. The van der Waals surface area contributed by atoms with Crippen LogP contribution in [0.1, 0.15) is 24.4 Å². The molecule has 0 saturated heterocycles. The third kappa shape index (κ3) is 2.63. The van der Waals surface area contributed by atoms with Gasteiger partial charge in [0.05, 0.1) is 6.04 Å². The number of aromatic nitrogens is 2. The molecule has 18 heavy (non-hydrogen) atoms. The molecule has 96 valence electrons. The average Bonchev–Trinajstić information content (AvgIpc) is 2.82. The van der Waals surface area contributed by atoms with E-state index in [2.05, 4.69) is 20.8 Å². The number of benzene rings is 1. The van der Waals surface area contributed by atoms with E-state index in [1.165, 1.54) is 0 Å². The molecule has 0 saturated carbocycles. The molecule has 0 amide bonds. The number of nitrogens with zero attached hydrogens (tertiary/aromatic N) is 2. The molecule has 0 aliphatic carbocycles. The fourth-order valence-corrected chi connectivity index (χ4v) is 1.62. The molecular weight excluding hydrogens is 252 g/mol. The molecule has 2 aromatic rings. The standard InChI is InChI=1S/C12H15ClN4O/c1-7-9(13)5-4-6-10(7)15-12-17-16-11(18-12)8(2)14-3/h4-6,8,14H,1-3H3,(H,15,17). The van der Waals surface area contributed by atoms with Crippen LogP contribution in [0.25, 0.3) is 0 Å². The van der Waals surface area contributed by atoms with E-state index in [9.17, 15) is 0 Å². The van der Waals surface area contributed by atoms with Crippen LogP contribution in [0, 0.1) is 6.92 Å². The van der Waals surface area contributed by atoms with Gasteiger partial charge in [0.1, 0.15) is 0 Å². The predicted octanol–water partition coefficient (Wildman–Crippen LogP) is 3.06. The molecule has 1 heterocycles. The predicted molar refractivity (Wildman–Crippen MR) is 71.2 cm³/mol. The molecule has 5 nitrogen and oxygen atoms in total. The van der Waals surface area contributed by atoms with Gasteiger partial charge in [0.15, 0.2) is 0 Å². The topological polar surface area (TPSA) is 63.0 Å². The van der Waals surface area contributed by atoms with Crippen molar-refractivity contribution in [3.63, 3.8) is 0 Å². The fraction of sp³-hybridized carbons (Fsp3) is 0.333. The molecule has 0 radical (unpaired) electrons. The van der Waals surface area contributed by atoms with Crippen molar-refractivity contribution >= 4 is 23.3 Å². The first kappa shape index (κ1) is 12.9. The lowest BCUT2D eigenvalue weighted by molar-refractivity contribution is 0.443. The molecule has 1 aromatic carbocycles. The highest BCUT2D eigenvalue weighted by Gasteiger charge is 2.12. The summed E-state index contributed by atoms with van der Waals surface area (Å²) in [5.74, 6) is 0.541. The molecule has 0 spiro atoms. The van der Waals surface area contributed by atoms with Gasteiger partial charge >= 0.3 is 6.01 Å². The summed E-state index contributed by atoms with van der Waals surface area (Å²) in [6.45, 7) is 3.88. The van der Waals surface area contributed by atoms with E-state index in [1.807, 2.05) is 39.1 Å². The van der Waals surface area contributed by atoms with Crippen molar-refractivity contribution in [1.29, 1.82) is 0 Å². The van der Waals surface area contributed by atoms with Crippen LogP contribution in [0.4, 0.5) is 11.7 Å². The van der Waals surface area contributed by atoms with Gasteiger partial charge in [-0.15, -0.1) is 5.10 Å². The molecule has 6 heteroatoms. The van der Waals surface area contributed by atoms with Crippen molar-refractivity contribution in [2.24, 2.45) is 0 Å². The van der Waals surface area contributed by atoms with Crippen molar-refractivity contribution in [1.82, 2.24) is 15.5 Å². The Hall–Kier alpha value is -1.59. The van der Waals surface area contributed by atoms with Crippen molar-refractivity contribution in [2.45, 2.75) is 19.9 Å². The van der Waals surface area contributed by atoms with E-state index in [-0.39, 0.29) is 6.04 Å². The van der Waals surface area contributed by atoms with Crippen molar-refractivity contribution in [2.75, 3.05) is 12.4 Å². The summed E-state index contributed by atoms with van der Waals surface area (Å²) in [6, 6.07) is 5.99. The minimum absolute atomic E-state index is 0.0218. The lowest BCUT2D eigenvalue weighted by Gasteiger charge is -2.07. The third-order valence-electron chi connectivity index (χ3n) is 2.75. The Labute approximate surface area is 111 Å². The Bertz CT molecular complexity index is 541. The van der Waals surface area contributed by atoms with Crippen molar-refractivity contribution < 1.29 is 4.42 Å². The van der Waals surface area contributed by atoms with Gasteiger partial charge in [0.2, 0.25) is 5.89 Å². The highest BCUT2D eigenvalue weighted by atomic mass is 35.5. The Morgan fingerprint density at radius 1 is 1.33 bits per heavy atom. The van der Waals surface area contributed by atoms with Crippen LogP contribution < -0.4 is 10.6 Å². The number of anilines is 2. The van der Waals surface area contributed by atoms with Crippen LogP contribution in [-0.2, 0) is 0 Å². The SMILES string of the molecule is CNC(C)c1nnc(Nc2cccc(Cl)c2C)o1. The highest BCUT2D eigenvalue weighted by Crippen LogP contribution is 2.26. The van der Waals surface area contributed by atoms with Crippen LogP contribution in [0.2, 0.25) is 5.02 Å². The maximum atomic E-state index is 6.04. The smallest absolute Gasteiger partial charge is 0.320 e. The van der Waals surface area contributed by atoms with E-state index >= 15 is 0 Å². The van der Waals surface area contributed by atoms with E-state index in [0.29, 0.717) is 16.9 Å². The fourth-order valence-electron chi connectivity index (χ4n) is 1.44. The summed E-state index contributed by atoms with van der Waals surface area (Å²) >= 11 is 6.04. The average molecular weight is 267 g/mol. The molecule has 0 aliphatic rings. The molecule has 1 aromatic heterocycles. The van der Waals surface area contributed by atoms with E-state index in [4.69, 9.17) is 16.0 Å². The number of halogens is 1. The number of hydrogen-bond acceptors (Lipinski definition) is 5. The first-order valence-corrected chi connectivity index (χ1v) is 6.02. The van der Waals surface area contributed by atoms with E-state index < -0.39 is 0 Å². The van der Waals surface area contributed by atoms with Crippen LogP contribution in [-0.4, -0.2) is 17.2 Å².